The Bertz CT molecular complexity index is 726. The Morgan fingerprint density at radius 3 is 2.45 bits per heavy atom. The van der Waals surface area contributed by atoms with E-state index in [-0.39, 0.29) is 10.3 Å². The first-order chi connectivity index (χ1) is 9.09. The molecule has 5 nitrogen and oxygen atoms in total. The Hall–Kier alpha value is -0.860. The van der Waals surface area contributed by atoms with Crippen molar-refractivity contribution < 1.29 is 8.42 Å². The van der Waals surface area contributed by atoms with E-state index in [4.69, 9.17) is 0 Å². The molecular formula is C12H16BrN3O2S2. The molecule has 0 saturated carbocycles. The fourth-order valence-corrected chi connectivity index (χ4v) is 5.06. The van der Waals surface area contributed by atoms with Crippen LogP contribution in [0.25, 0.3) is 0 Å². The molecule has 2 heterocycles. The van der Waals surface area contributed by atoms with E-state index in [9.17, 15) is 8.42 Å². The van der Waals surface area contributed by atoms with Gasteiger partial charge in [0.2, 0.25) is 0 Å². The molecule has 0 saturated heterocycles. The number of halogens is 1. The number of H-pyrrole nitrogens is 1. The van der Waals surface area contributed by atoms with Gasteiger partial charge >= 0.3 is 0 Å². The third-order valence-electron chi connectivity index (χ3n) is 2.76. The lowest BCUT2D eigenvalue weighted by Crippen LogP contribution is -2.13. The predicted octanol–water partition coefficient (Wildman–Crippen LogP) is 3.64. The summed E-state index contributed by atoms with van der Waals surface area (Å²) in [5.74, 6) is 0.302. The van der Waals surface area contributed by atoms with E-state index in [2.05, 4.69) is 30.8 Å². The summed E-state index contributed by atoms with van der Waals surface area (Å²) in [6.07, 6.45) is 0. The molecule has 20 heavy (non-hydrogen) atoms. The van der Waals surface area contributed by atoms with Crippen LogP contribution in [-0.4, -0.2) is 18.6 Å². The molecule has 0 unspecified atom stereocenters. The Morgan fingerprint density at radius 2 is 2.00 bits per heavy atom. The minimum atomic E-state index is -3.61. The second-order valence-electron chi connectivity index (χ2n) is 5.49. The number of thiophene rings is 1. The third-order valence-corrected chi connectivity index (χ3v) is 5.92. The van der Waals surface area contributed by atoms with E-state index in [0.29, 0.717) is 5.82 Å². The van der Waals surface area contributed by atoms with E-state index >= 15 is 0 Å². The van der Waals surface area contributed by atoms with Crippen LogP contribution in [0.3, 0.4) is 0 Å². The Morgan fingerprint density at radius 1 is 1.35 bits per heavy atom. The number of hydrogen-bond donors (Lipinski definition) is 2. The van der Waals surface area contributed by atoms with Crippen molar-refractivity contribution in [3.63, 3.8) is 0 Å². The van der Waals surface area contributed by atoms with E-state index in [0.717, 1.165) is 14.4 Å². The smallest absolute Gasteiger partial charge is 0.264 e. The van der Waals surface area contributed by atoms with Gasteiger partial charge in [0.05, 0.1) is 3.79 Å². The molecule has 0 amide bonds. The van der Waals surface area contributed by atoms with Gasteiger partial charge in [0.1, 0.15) is 4.90 Å². The molecule has 0 aliphatic heterocycles. The van der Waals surface area contributed by atoms with Crippen LogP contribution in [0.4, 0.5) is 5.82 Å². The van der Waals surface area contributed by atoms with Crippen molar-refractivity contribution >= 4 is 43.1 Å². The highest BCUT2D eigenvalue weighted by Gasteiger charge is 2.22. The van der Waals surface area contributed by atoms with Crippen molar-refractivity contribution in [1.29, 1.82) is 0 Å². The van der Waals surface area contributed by atoms with Gasteiger partial charge in [-0.15, -0.1) is 11.3 Å². The lowest BCUT2D eigenvalue weighted by molar-refractivity contribution is 0.567. The molecule has 2 aromatic rings. The van der Waals surface area contributed by atoms with Gasteiger partial charge in [-0.25, -0.2) is 8.42 Å². The number of aryl methyl sites for hydroxylation is 1. The van der Waals surface area contributed by atoms with Crippen LogP contribution in [0.1, 0.15) is 31.3 Å². The van der Waals surface area contributed by atoms with Gasteiger partial charge in [-0.3, -0.25) is 9.82 Å². The highest BCUT2D eigenvalue weighted by molar-refractivity contribution is 9.11. The number of nitrogens with one attached hydrogen (secondary N) is 2. The summed E-state index contributed by atoms with van der Waals surface area (Å²) in [7, 11) is -3.61. The topological polar surface area (TPSA) is 74.8 Å². The van der Waals surface area contributed by atoms with Crippen LogP contribution >= 0.6 is 27.3 Å². The third kappa shape index (κ3) is 3.24. The number of nitrogens with zero attached hydrogens (tertiary/aromatic N) is 1. The zero-order valence-corrected chi connectivity index (χ0v) is 14.8. The van der Waals surface area contributed by atoms with Crippen molar-refractivity contribution in [1.82, 2.24) is 10.2 Å². The second-order valence-corrected chi connectivity index (χ2v) is 9.78. The molecule has 2 aromatic heterocycles. The van der Waals surface area contributed by atoms with Crippen molar-refractivity contribution in [2.24, 2.45) is 0 Å². The number of sulfonamides is 1. The molecule has 0 spiro atoms. The lowest BCUT2D eigenvalue weighted by Gasteiger charge is -2.14. The predicted molar refractivity (Wildman–Crippen MR) is 84.9 cm³/mol. The van der Waals surface area contributed by atoms with E-state index in [1.807, 2.05) is 20.8 Å². The quantitative estimate of drug-likeness (QED) is 0.856. The van der Waals surface area contributed by atoms with E-state index < -0.39 is 10.0 Å². The molecule has 0 aromatic carbocycles. The van der Waals surface area contributed by atoms with Crippen LogP contribution in [0.5, 0.6) is 0 Å². The van der Waals surface area contributed by atoms with Crippen LogP contribution < -0.4 is 4.72 Å². The number of hydrogen-bond acceptors (Lipinski definition) is 4. The van der Waals surface area contributed by atoms with Crippen LogP contribution in [0.2, 0.25) is 0 Å². The van der Waals surface area contributed by atoms with Gasteiger partial charge in [0.15, 0.2) is 5.82 Å². The van der Waals surface area contributed by atoms with E-state index in [1.165, 1.54) is 11.3 Å². The number of anilines is 1. The normalized spacial score (nSPS) is 12.7. The molecular weight excluding hydrogens is 362 g/mol. The van der Waals surface area contributed by atoms with Gasteiger partial charge in [0.25, 0.3) is 10.0 Å². The van der Waals surface area contributed by atoms with Crippen molar-refractivity contribution in [3.05, 3.63) is 26.5 Å². The largest absolute Gasteiger partial charge is 0.280 e. The van der Waals surface area contributed by atoms with Crippen LogP contribution in [-0.2, 0) is 15.4 Å². The molecule has 0 atom stereocenters. The van der Waals surface area contributed by atoms with Crippen molar-refractivity contribution in [2.45, 2.75) is 38.0 Å². The molecule has 0 radical (unpaired) electrons. The second kappa shape index (κ2) is 5.16. The molecule has 2 rings (SSSR count). The maximum absolute atomic E-state index is 12.3. The summed E-state index contributed by atoms with van der Waals surface area (Å²) < 4.78 is 27.9. The van der Waals surface area contributed by atoms with Gasteiger partial charge < -0.3 is 0 Å². The standard InChI is InChI=1S/C12H16BrN3O2S2/c1-7-8(5-10(13)19-7)20(17,18)16-11-6-9(14-15-11)12(2,3)4/h5-6H,1-4H3,(H2,14,15,16). The first-order valence-electron chi connectivity index (χ1n) is 5.94. The zero-order chi connectivity index (χ0) is 15.1. The molecule has 0 aliphatic carbocycles. The SMILES string of the molecule is Cc1sc(Br)cc1S(=O)(=O)Nc1cc(C(C)(C)C)[nH]n1. The minimum absolute atomic E-state index is 0.113. The fraction of sp³-hybridized carbons (Fsp3) is 0.417. The summed E-state index contributed by atoms with van der Waals surface area (Å²) >= 11 is 4.68. The maximum atomic E-state index is 12.3. The fourth-order valence-electron chi connectivity index (χ4n) is 1.65. The lowest BCUT2D eigenvalue weighted by atomic mass is 9.92. The summed E-state index contributed by atoms with van der Waals surface area (Å²) in [6, 6.07) is 3.31. The first kappa shape index (κ1) is 15.5. The molecule has 0 aliphatic rings. The van der Waals surface area contributed by atoms with Gasteiger partial charge in [-0.05, 0) is 28.9 Å². The highest BCUT2D eigenvalue weighted by atomic mass is 79.9. The molecule has 0 bridgehead atoms. The summed E-state index contributed by atoms with van der Waals surface area (Å²) in [5, 5.41) is 6.86. The van der Waals surface area contributed by atoms with Crippen LogP contribution in [0, 0.1) is 6.92 Å². The van der Waals surface area contributed by atoms with Crippen molar-refractivity contribution in [3.8, 4) is 0 Å². The van der Waals surface area contributed by atoms with Gasteiger partial charge in [-0.1, -0.05) is 20.8 Å². The maximum Gasteiger partial charge on any atom is 0.264 e. The summed E-state index contributed by atoms with van der Waals surface area (Å²) in [6.45, 7) is 7.85. The number of aromatic amines is 1. The molecule has 0 fully saturated rings. The number of rotatable bonds is 3. The molecule has 8 heteroatoms. The van der Waals surface area contributed by atoms with Crippen LogP contribution in [0.15, 0.2) is 20.8 Å². The van der Waals surface area contributed by atoms with Gasteiger partial charge in [0, 0.05) is 22.1 Å². The van der Waals surface area contributed by atoms with E-state index in [1.54, 1.807) is 19.1 Å². The Balaban J connectivity index is 2.29. The monoisotopic (exact) mass is 377 g/mol. The molecule has 110 valence electrons. The summed E-state index contributed by atoms with van der Waals surface area (Å²) in [4.78, 5) is 1.01. The average molecular weight is 378 g/mol. The number of aromatic nitrogens is 2. The Labute approximate surface area is 131 Å². The Kier molecular flexibility index (Phi) is 4.01. The van der Waals surface area contributed by atoms with Crippen molar-refractivity contribution in [2.75, 3.05) is 4.72 Å². The zero-order valence-electron chi connectivity index (χ0n) is 11.6. The molecule has 2 N–H and O–H groups in total. The summed E-state index contributed by atoms with van der Waals surface area (Å²) in [5.41, 5.74) is 0.760. The average Bonchev–Trinajstić information content (AvgIpc) is 2.84. The van der Waals surface area contributed by atoms with Gasteiger partial charge in [-0.2, -0.15) is 5.10 Å². The first-order valence-corrected chi connectivity index (χ1v) is 9.03. The highest BCUT2D eigenvalue weighted by Crippen LogP contribution is 2.31. The minimum Gasteiger partial charge on any atom is -0.280 e.